The maximum Gasteiger partial charge on any atom is 0.318 e. The molecule has 0 aliphatic carbocycles. The Morgan fingerprint density at radius 1 is 1.39 bits per heavy atom. The summed E-state index contributed by atoms with van der Waals surface area (Å²) in [6, 6.07) is 5.43. The minimum atomic E-state index is -0.908. The van der Waals surface area contributed by atoms with Gasteiger partial charge in [-0.25, -0.2) is 0 Å². The molecule has 1 aliphatic heterocycles. The maximum atomic E-state index is 10.9. The number of carboxylic acid groups (broad SMARTS) is 1. The number of fused-ring (bicyclic) bond motifs is 1. The Morgan fingerprint density at radius 3 is 2.78 bits per heavy atom. The topological polar surface area (TPSA) is 81.8 Å². The number of carboxylic acids is 1. The highest BCUT2D eigenvalue weighted by Gasteiger charge is 2.18. The van der Waals surface area contributed by atoms with Gasteiger partial charge < -0.3 is 20.3 Å². The van der Waals surface area contributed by atoms with E-state index in [-0.39, 0.29) is 6.54 Å². The van der Waals surface area contributed by atoms with Crippen LogP contribution in [0.3, 0.4) is 0 Å². The molecule has 5 nitrogen and oxygen atoms in total. The number of aliphatic carboxylic acids is 1. The van der Waals surface area contributed by atoms with Crippen molar-refractivity contribution in [3.05, 3.63) is 18.2 Å². The zero-order valence-electron chi connectivity index (χ0n) is 9.80. The Bertz CT molecular complexity index is 438. The Morgan fingerprint density at radius 2 is 2.11 bits per heavy atom. The molecule has 1 aliphatic rings. The van der Waals surface area contributed by atoms with Gasteiger partial charge in [-0.05, 0) is 18.2 Å². The normalized spacial score (nSPS) is 15.8. The van der Waals surface area contributed by atoms with Crippen LogP contribution in [0.4, 0.5) is 0 Å². The molecule has 1 unspecified atom stereocenters. The van der Waals surface area contributed by atoms with E-state index in [2.05, 4.69) is 0 Å². The van der Waals surface area contributed by atoms with Crippen LogP contribution in [0.2, 0.25) is 0 Å². The fraction of sp³-hybridized carbons (Fsp3) is 0.417. The molecule has 1 atom stereocenters. The second-order valence-electron chi connectivity index (χ2n) is 3.84. The summed E-state index contributed by atoms with van der Waals surface area (Å²) in [5.41, 5.74) is 5.43. The highest BCUT2D eigenvalue weighted by molar-refractivity contribution is 8.00. The van der Waals surface area contributed by atoms with Gasteiger partial charge in [-0.1, -0.05) is 0 Å². The summed E-state index contributed by atoms with van der Waals surface area (Å²) < 4.78 is 11.1. The van der Waals surface area contributed by atoms with Crippen molar-refractivity contribution in [2.75, 3.05) is 19.8 Å². The molecule has 0 saturated carbocycles. The van der Waals surface area contributed by atoms with E-state index in [0.29, 0.717) is 24.7 Å². The van der Waals surface area contributed by atoms with E-state index in [1.807, 2.05) is 6.07 Å². The molecule has 0 radical (unpaired) electrons. The molecular formula is C12H15NO4S. The number of thioether (sulfide) groups is 1. The molecule has 1 aromatic rings. The van der Waals surface area contributed by atoms with Gasteiger partial charge in [-0.15, -0.1) is 11.8 Å². The van der Waals surface area contributed by atoms with Crippen LogP contribution in [-0.4, -0.2) is 36.1 Å². The first-order valence-corrected chi connectivity index (χ1v) is 6.58. The molecule has 0 spiro atoms. The van der Waals surface area contributed by atoms with Crippen LogP contribution in [0.25, 0.3) is 0 Å². The number of ether oxygens (including phenoxy) is 2. The average Bonchev–Trinajstić information content (AvgIpc) is 2.60. The third-order valence-corrected chi connectivity index (χ3v) is 3.69. The molecule has 0 amide bonds. The number of carbonyl (C=O) groups is 1. The van der Waals surface area contributed by atoms with Crippen molar-refractivity contribution in [1.29, 1.82) is 0 Å². The minimum Gasteiger partial charge on any atom is -0.490 e. The molecule has 6 heteroatoms. The Balaban J connectivity index is 2.15. The van der Waals surface area contributed by atoms with Gasteiger partial charge >= 0.3 is 5.97 Å². The van der Waals surface area contributed by atoms with Gasteiger partial charge in [0.15, 0.2) is 11.5 Å². The molecule has 2 rings (SSSR count). The largest absolute Gasteiger partial charge is 0.490 e. The zero-order valence-corrected chi connectivity index (χ0v) is 10.6. The van der Waals surface area contributed by atoms with Crippen molar-refractivity contribution in [3.8, 4) is 11.5 Å². The zero-order chi connectivity index (χ0) is 13.0. The molecule has 0 aromatic heterocycles. The third-order valence-electron chi connectivity index (χ3n) is 2.49. The molecule has 18 heavy (non-hydrogen) atoms. The van der Waals surface area contributed by atoms with E-state index >= 15 is 0 Å². The van der Waals surface area contributed by atoms with E-state index in [9.17, 15) is 4.79 Å². The van der Waals surface area contributed by atoms with E-state index in [1.54, 1.807) is 12.1 Å². The summed E-state index contributed by atoms with van der Waals surface area (Å²) >= 11 is 1.22. The summed E-state index contributed by atoms with van der Waals surface area (Å²) in [6.07, 6.45) is 0.845. The van der Waals surface area contributed by atoms with E-state index in [4.69, 9.17) is 20.3 Å². The number of benzene rings is 1. The quantitative estimate of drug-likeness (QED) is 0.803. The van der Waals surface area contributed by atoms with Gasteiger partial charge in [0.2, 0.25) is 0 Å². The number of rotatable bonds is 4. The highest BCUT2D eigenvalue weighted by Crippen LogP contribution is 2.35. The molecule has 0 fully saturated rings. The maximum absolute atomic E-state index is 10.9. The van der Waals surface area contributed by atoms with Gasteiger partial charge in [0.05, 0.1) is 13.2 Å². The molecule has 0 bridgehead atoms. The predicted molar refractivity (Wildman–Crippen MR) is 68.4 cm³/mol. The van der Waals surface area contributed by atoms with Crippen LogP contribution in [-0.2, 0) is 4.79 Å². The fourth-order valence-electron chi connectivity index (χ4n) is 1.58. The molecule has 3 N–H and O–H groups in total. The van der Waals surface area contributed by atoms with Crippen molar-refractivity contribution >= 4 is 17.7 Å². The lowest BCUT2D eigenvalue weighted by atomic mass is 10.3. The lowest BCUT2D eigenvalue weighted by Gasteiger charge is -2.12. The number of nitrogens with two attached hydrogens (primary N) is 1. The predicted octanol–water partition coefficient (Wildman–Crippen LogP) is 1.35. The van der Waals surface area contributed by atoms with Gasteiger partial charge in [0.25, 0.3) is 0 Å². The van der Waals surface area contributed by atoms with Gasteiger partial charge in [-0.2, -0.15) is 0 Å². The standard InChI is InChI=1S/C12H15NO4S/c13-7-11(12(14)15)18-8-2-3-9-10(6-8)17-5-1-4-16-9/h2-3,6,11H,1,4-5,7,13H2,(H,14,15). The van der Waals surface area contributed by atoms with Crippen LogP contribution < -0.4 is 15.2 Å². The van der Waals surface area contributed by atoms with Gasteiger partial charge in [0.1, 0.15) is 5.25 Å². The smallest absolute Gasteiger partial charge is 0.318 e. The Hall–Kier alpha value is -1.40. The molecular weight excluding hydrogens is 254 g/mol. The van der Waals surface area contributed by atoms with Crippen LogP contribution in [0.1, 0.15) is 6.42 Å². The summed E-state index contributed by atoms with van der Waals surface area (Å²) in [7, 11) is 0. The average molecular weight is 269 g/mol. The summed E-state index contributed by atoms with van der Waals surface area (Å²) in [4.78, 5) is 11.7. The van der Waals surface area contributed by atoms with E-state index in [1.165, 1.54) is 11.8 Å². The minimum absolute atomic E-state index is 0.0917. The summed E-state index contributed by atoms with van der Waals surface area (Å²) in [5, 5.41) is 8.32. The van der Waals surface area contributed by atoms with Crippen LogP contribution >= 0.6 is 11.8 Å². The number of hydrogen-bond donors (Lipinski definition) is 2. The monoisotopic (exact) mass is 269 g/mol. The molecule has 1 aromatic carbocycles. The first-order chi connectivity index (χ1) is 8.70. The van der Waals surface area contributed by atoms with Crippen molar-refractivity contribution in [2.45, 2.75) is 16.6 Å². The second-order valence-corrected chi connectivity index (χ2v) is 5.12. The van der Waals surface area contributed by atoms with Crippen molar-refractivity contribution < 1.29 is 19.4 Å². The SMILES string of the molecule is NCC(Sc1ccc2c(c1)OCCCO2)C(=O)O. The first-order valence-electron chi connectivity index (χ1n) is 5.70. The Kier molecular flexibility index (Phi) is 4.33. The lowest BCUT2D eigenvalue weighted by Crippen LogP contribution is -2.25. The molecule has 0 saturated heterocycles. The van der Waals surface area contributed by atoms with Crippen LogP contribution in [0, 0.1) is 0 Å². The second kappa shape index (κ2) is 5.97. The van der Waals surface area contributed by atoms with Crippen LogP contribution in [0.5, 0.6) is 11.5 Å². The van der Waals surface area contributed by atoms with Crippen molar-refractivity contribution in [3.63, 3.8) is 0 Å². The van der Waals surface area contributed by atoms with Crippen LogP contribution in [0.15, 0.2) is 23.1 Å². The van der Waals surface area contributed by atoms with Crippen molar-refractivity contribution in [2.24, 2.45) is 5.73 Å². The highest BCUT2D eigenvalue weighted by atomic mass is 32.2. The molecule has 98 valence electrons. The van der Waals surface area contributed by atoms with Gasteiger partial charge in [0, 0.05) is 17.9 Å². The molecule has 1 heterocycles. The number of hydrogen-bond acceptors (Lipinski definition) is 5. The lowest BCUT2D eigenvalue weighted by molar-refractivity contribution is -0.136. The summed E-state index contributed by atoms with van der Waals surface area (Å²) in [6.45, 7) is 1.34. The fourth-order valence-corrected chi connectivity index (χ4v) is 2.43. The van der Waals surface area contributed by atoms with E-state index in [0.717, 1.165) is 11.3 Å². The van der Waals surface area contributed by atoms with E-state index < -0.39 is 11.2 Å². The summed E-state index contributed by atoms with van der Waals surface area (Å²) in [5.74, 6) is 0.463. The van der Waals surface area contributed by atoms with Crippen molar-refractivity contribution in [1.82, 2.24) is 0 Å². The first kappa shape index (κ1) is 13.0. The Labute approximate surface area is 109 Å². The third kappa shape index (κ3) is 3.08. The van der Waals surface area contributed by atoms with Gasteiger partial charge in [-0.3, -0.25) is 4.79 Å².